The molecular formula is C19H18N2O4S. The fourth-order valence-electron chi connectivity index (χ4n) is 2.74. The molecule has 26 heavy (non-hydrogen) atoms. The zero-order chi connectivity index (χ0) is 17.8. The minimum absolute atomic E-state index is 0.340. The number of hydrogen-bond donors (Lipinski definition) is 1. The summed E-state index contributed by atoms with van der Waals surface area (Å²) in [6.45, 7) is 0.652. The van der Waals surface area contributed by atoms with Crippen molar-refractivity contribution >= 4 is 17.2 Å². The molecule has 134 valence electrons. The van der Waals surface area contributed by atoms with Crippen molar-refractivity contribution in [2.24, 2.45) is 0 Å². The van der Waals surface area contributed by atoms with Gasteiger partial charge in [0.1, 0.15) is 4.88 Å². The Bertz CT molecular complexity index is 855. The Morgan fingerprint density at radius 2 is 2.08 bits per heavy atom. The summed E-state index contributed by atoms with van der Waals surface area (Å²) >= 11 is 1.27. The van der Waals surface area contributed by atoms with Crippen LogP contribution in [0.25, 0.3) is 22.0 Å². The molecule has 1 saturated heterocycles. The molecule has 1 amide bonds. The molecule has 4 rings (SSSR count). The Morgan fingerprint density at radius 1 is 1.19 bits per heavy atom. The fourth-order valence-corrected chi connectivity index (χ4v) is 3.68. The molecule has 0 radical (unpaired) electrons. The van der Waals surface area contributed by atoms with Crippen molar-refractivity contribution in [1.82, 2.24) is 10.5 Å². The number of aromatic nitrogens is 1. The van der Waals surface area contributed by atoms with E-state index in [0.717, 1.165) is 24.8 Å². The highest BCUT2D eigenvalue weighted by Crippen LogP contribution is 2.34. The summed E-state index contributed by atoms with van der Waals surface area (Å²) in [7, 11) is 0. The van der Waals surface area contributed by atoms with E-state index in [1.165, 1.54) is 11.3 Å². The largest absolute Gasteiger partial charge is 0.462 e. The fraction of sp³-hybridized carbons (Fsp3) is 0.263. The van der Waals surface area contributed by atoms with Gasteiger partial charge in [0.2, 0.25) is 0 Å². The van der Waals surface area contributed by atoms with E-state index in [9.17, 15) is 4.79 Å². The van der Waals surface area contributed by atoms with Crippen LogP contribution < -0.4 is 5.48 Å². The van der Waals surface area contributed by atoms with Crippen LogP contribution in [0.1, 0.15) is 28.9 Å². The van der Waals surface area contributed by atoms with E-state index in [2.05, 4.69) is 10.5 Å². The lowest BCUT2D eigenvalue weighted by Crippen LogP contribution is -2.33. The van der Waals surface area contributed by atoms with Crippen molar-refractivity contribution in [3.63, 3.8) is 0 Å². The summed E-state index contributed by atoms with van der Waals surface area (Å²) in [5.41, 5.74) is 3.98. The van der Waals surface area contributed by atoms with Gasteiger partial charge in [0.15, 0.2) is 17.1 Å². The van der Waals surface area contributed by atoms with Crippen LogP contribution in [0.4, 0.5) is 0 Å². The number of carbonyl (C=O) groups is 1. The first-order valence-electron chi connectivity index (χ1n) is 8.49. The number of nitrogens with zero attached hydrogens (tertiary/aromatic N) is 1. The van der Waals surface area contributed by atoms with E-state index < -0.39 is 6.29 Å². The Balaban J connectivity index is 1.59. The lowest BCUT2D eigenvalue weighted by molar-refractivity contribution is -0.186. The lowest BCUT2D eigenvalue weighted by atomic mass is 10.1. The van der Waals surface area contributed by atoms with Crippen LogP contribution >= 0.6 is 11.3 Å². The molecule has 2 aromatic heterocycles. The number of nitrogens with one attached hydrogen (secondary N) is 1. The number of hydroxylamine groups is 1. The molecule has 0 saturated carbocycles. The van der Waals surface area contributed by atoms with Crippen molar-refractivity contribution in [2.45, 2.75) is 25.6 Å². The summed E-state index contributed by atoms with van der Waals surface area (Å²) in [6.07, 6.45) is 4.01. The lowest BCUT2D eigenvalue weighted by Gasteiger charge is -2.21. The minimum Gasteiger partial charge on any atom is -0.462 e. The zero-order valence-electron chi connectivity index (χ0n) is 14.0. The van der Waals surface area contributed by atoms with Crippen molar-refractivity contribution in [1.29, 1.82) is 0 Å². The summed E-state index contributed by atoms with van der Waals surface area (Å²) in [5.74, 6) is 0.288. The molecule has 0 spiro atoms. The van der Waals surface area contributed by atoms with Gasteiger partial charge in [-0.2, -0.15) is 0 Å². The molecule has 1 aromatic carbocycles. The number of amides is 1. The standard InChI is InChI=1S/C19H18N2O4S/c22-18(21-25-15-10-4-5-11-24-15)17-16(13-7-2-1-3-8-13)20-19(26-17)14-9-6-12-23-14/h1-3,6-9,12,15H,4-5,10-11H2,(H,21,22)/t15-/m0/s1. The third-order valence-electron chi connectivity index (χ3n) is 4.03. The molecular weight excluding hydrogens is 352 g/mol. The first-order valence-corrected chi connectivity index (χ1v) is 9.30. The molecule has 6 nitrogen and oxygen atoms in total. The zero-order valence-corrected chi connectivity index (χ0v) is 14.8. The van der Waals surface area contributed by atoms with E-state index in [1.807, 2.05) is 36.4 Å². The monoisotopic (exact) mass is 370 g/mol. The minimum atomic E-state index is -0.398. The number of rotatable bonds is 5. The first-order chi connectivity index (χ1) is 12.8. The van der Waals surface area contributed by atoms with Crippen LogP contribution in [0.2, 0.25) is 0 Å². The quantitative estimate of drug-likeness (QED) is 0.680. The third-order valence-corrected chi connectivity index (χ3v) is 5.10. The average molecular weight is 370 g/mol. The van der Waals surface area contributed by atoms with Gasteiger partial charge in [0, 0.05) is 18.6 Å². The summed E-state index contributed by atoms with van der Waals surface area (Å²) in [5, 5.41) is 0.646. The molecule has 7 heteroatoms. The Kier molecular flexibility index (Phi) is 5.10. The maximum atomic E-state index is 12.7. The predicted molar refractivity (Wildman–Crippen MR) is 97.4 cm³/mol. The molecule has 0 bridgehead atoms. The van der Waals surface area contributed by atoms with Crippen LogP contribution in [0.3, 0.4) is 0 Å². The van der Waals surface area contributed by atoms with Gasteiger partial charge in [-0.15, -0.1) is 11.3 Å². The van der Waals surface area contributed by atoms with Gasteiger partial charge in [0.25, 0.3) is 5.91 Å². The van der Waals surface area contributed by atoms with E-state index in [4.69, 9.17) is 14.0 Å². The molecule has 1 N–H and O–H groups in total. The highest BCUT2D eigenvalue weighted by Gasteiger charge is 2.23. The van der Waals surface area contributed by atoms with E-state index >= 15 is 0 Å². The molecule has 1 fully saturated rings. The summed E-state index contributed by atoms with van der Waals surface area (Å²) in [4.78, 5) is 23.2. The number of carbonyl (C=O) groups excluding carboxylic acids is 1. The normalized spacial score (nSPS) is 17.2. The van der Waals surface area contributed by atoms with Gasteiger partial charge < -0.3 is 9.15 Å². The van der Waals surface area contributed by atoms with E-state index in [1.54, 1.807) is 12.3 Å². The number of hydrogen-bond acceptors (Lipinski definition) is 6. The highest BCUT2D eigenvalue weighted by atomic mass is 32.1. The topological polar surface area (TPSA) is 73.6 Å². The second-order valence-electron chi connectivity index (χ2n) is 5.89. The number of ether oxygens (including phenoxy) is 1. The molecule has 0 aliphatic carbocycles. The number of thiazole rings is 1. The SMILES string of the molecule is O=C(NO[C@H]1CCCCO1)c1sc(-c2ccco2)nc1-c1ccccc1. The van der Waals surface area contributed by atoms with Gasteiger partial charge in [-0.3, -0.25) is 4.79 Å². The summed E-state index contributed by atoms with van der Waals surface area (Å²) in [6, 6.07) is 13.2. The van der Waals surface area contributed by atoms with Crippen molar-refractivity contribution < 1.29 is 18.8 Å². The maximum Gasteiger partial charge on any atom is 0.287 e. The maximum absolute atomic E-state index is 12.7. The molecule has 3 aromatic rings. The van der Waals surface area contributed by atoms with Gasteiger partial charge in [-0.25, -0.2) is 15.3 Å². The van der Waals surface area contributed by atoms with Gasteiger partial charge in [-0.1, -0.05) is 30.3 Å². The predicted octanol–water partition coefficient (Wildman–Crippen LogP) is 4.26. The average Bonchev–Trinajstić information content (AvgIpc) is 3.37. The highest BCUT2D eigenvalue weighted by molar-refractivity contribution is 7.17. The van der Waals surface area contributed by atoms with Crippen LogP contribution in [0, 0.1) is 0 Å². The van der Waals surface area contributed by atoms with Crippen molar-refractivity contribution in [3.05, 3.63) is 53.6 Å². The molecule has 1 aliphatic heterocycles. The number of furan rings is 1. The Morgan fingerprint density at radius 3 is 2.81 bits per heavy atom. The Hall–Kier alpha value is -2.48. The molecule has 3 heterocycles. The second-order valence-corrected chi connectivity index (χ2v) is 6.88. The van der Waals surface area contributed by atoms with E-state index in [0.29, 0.717) is 27.9 Å². The summed E-state index contributed by atoms with van der Waals surface area (Å²) < 4.78 is 10.9. The van der Waals surface area contributed by atoms with E-state index in [-0.39, 0.29) is 5.91 Å². The number of benzene rings is 1. The van der Waals surface area contributed by atoms with Gasteiger partial charge in [-0.05, 0) is 25.0 Å². The third kappa shape index (κ3) is 3.70. The molecule has 1 atom stereocenters. The van der Waals surface area contributed by atoms with Crippen LogP contribution in [-0.2, 0) is 9.57 Å². The first kappa shape index (κ1) is 17.0. The molecule has 1 aliphatic rings. The molecule has 0 unspecified atom stereocenters. The van der Waals surface area contributed by atoms with Crippen molar-refractivity contribution in [2.75, 3.05) is 6.61 Å². The van der Waals surface area contributed by atoms with Gasteiger partial charge in [0.05, 0.1) is 12.0 Å². The van der Waals surface area contributed by atoms with Crippen LogP contribution in [0.15, 0.2) is 53.1 Å². The smallest absolute Gasteiger partial charge is 0.287 e. The van der Waals surface area contributed by atoms with Crippen LogP contribution in [-0.4, -0.2) is 23.8 Å². The van der Waals surface area contributed by atoms with Gasteiger partial charge >= 0.3 is 0 Å². The Labute approximate surface area is 154 Å². The van der Waals surface area contributed by atoms with Crippen LogP contribution in [0.5, 0.6) is 0 Å². The van der Waals surface area contributed by atoms with Crippen molar-refractivity contribution in [3.8, 4) is 22.0 Å². The second kappa shape index (κ2) is 7.82.